The largest absolute Gasteiger partial charge is 0.364 e. The van der Waals surface area contributed by atoms with Crippen LogP contribution in [-0.2, 0) is 11.3 Å². The number of nitrogens with zero attached hydrogens (tertiary/aromatic N) is 3. The van der Waals surface area contributed by atoms with Crippen molar-refractivity contribution in [2.75, 3.05) is 39.3 Å². The van der Waals surface area contributed by atoms with Gasteiger partial charge in [0, 0.05) is 45.2 Å². The highest BCUT2D eigenvalue weighted by molar-refractivity contribution is 5.76. The first-order valence-corrected chi connectivity index (χ1v) is 8.41. The molecule has 0 radical (unpaired) electrons. The van der Waals surface area contributed by atoms with Gasteiger partial charge in [0.1, 0.15) is 6.26 Å². The first kappa shape index (κ1) is 15.5. The number of aromatic nitrogens is 1. The van der Waals surface area contributed by atoms with Crippen molar-refractivity contribution in [3.05, 3.63) is 18.0 Å². The Bertz CT molecular complexity index is 449. The van der Waals surface area contributed by atoms with Gasteiger partial charge in [-0.1, -0.05) is 5.16 Å². The zero-order valence-corrected chi connectivity index (χ0v) is 13.2. The fraction of sp³-hybridized carbons (Fsp3) is 0.750. The number of hydrogen-bond donors (Lipinski definition) is 1. The van der Waals surface area contributed by atoms with Crippen LogP contribution in [0.4, 0.5) is 0 Å². The van der Waals surface area contributed by atoms with Gasteiger partial charge in [-0.2, -0.15) is 0 Å². The van der Waals surface area contributed by atoms with Crippen molar-refractivity contribution >= 4 is 5.91 Å². The number of carbonyl (C=O) groups excluding carboxylic acids is 1. The van der Waals surface area contributed by atoms with E-state index < -0.39 is 0 Å². The normalized spacial score (nSPS) is 21.2. The lowest BCUT2D eigenvalue weighted by atomic mass is 9.93. The van der Waals surface area contributed by atoms with Crippen LogP contribution in [0.25, 0.3) is 0 Å². The molecule has 0 saturated carbocycles. The SMILES string of the molecule is O=C(CCC1CCNCC1)N1CCN(Cc2ccon2)CC1. The van der Waals surface area contributed by atoms with Crippen LogP contribution in [0, 0.1) is 5.92 Å². The van der Waals surface area contributed by atoms with E-state index in [0.29, 0.717) is 12.3 Å². The zero-order chi connectivity index (χ0) is 15.2. The molecule has 3 rings (SSSR count). The van der Waals surface area contributed by atoms with E-state index in [0.717, 1.165) is 63.8 Å². The summed E-state index contributed by atoms with van der Waals surface area (Å²) in [6, 6.07) is 1.90. The van der Waals surface area contributed by atoms with Crippen molar-refractivity contribution in [2.24, 2.45) is 5.92 Å². The molecule has 2 fully saturated rings. The molecule has 22 heavy (non-hydrogen) atoms. The third kappa shape index (κ3) is 4.30. The number of rotatable bonds is 5. The minimum atomic E-state index is 0.333. The minimum absolute atomic E-state index is 0.333. The average molecular weight is 306 g/mol. The highest BCUT2D eigenvalue weighted by atomic mass is 16.5. The van der Waals surface area contributed by atoms with Crippen molar-refractivity contribution in [2.45, 2.75) is 32.2 Å². The summed E-state index contributed by atoms with van der Waals surface area (Å²) >= 11 is 0. The Morgan fingerprint density at radius 2 is 2.05 bits per heavy atom. The van der Waals surface area contributed by atoms with Gasteiger partial charge in [0.2, 0.25) is 5.91 Å². The van der Waals surface area contributed by atoms with Crippen LogP contribution >= 0.6 is 0 Å². The second kappa shape index (κ2) is 7.74. The Morgan fingerprint density at radius 1 is 1.27 bits per heavy atom. The number of piperidine rings is 1. The summed E-state index contributed by atoms with van der Waals surface area (Å²) in [6.45, 7) is 6.55. The fourth-order valence-corrected chi connectivity index (χ4v) is 3.36. The number of carbonyl (C=O) groups is 1. The van der Waals surface area contributed by atoms with Crippen LogP contribution in [0.1, 0.15) is 31.4 Å². The lowest BCUT2D eigenvalue weighted by Gasteiger charge is -2.34. The number of nitrogens with one attached hydrogen (secondary N) is 1. The lowest BCUT2D eigenvalue weighted by molar-refractivity contribution is -0.133. The van der Waals surface area contributed by atoms with Gasteiger partial charge in [-0.15, -0.1) is 0 Å². The molecule has 0 aromatic carbocycles. The summed E-state index contributed by atoms with van der Waals surface area (Å²) in [7, 11) is 0. The number of piperazine rings is 1. The summed E-state index contributed by atoms with van der Waals surface area (Å²) < 4.78 is 4.86. The molecule has 2 saturated heterocycles. The molecule has 3 heterocycles. The van der Waals surface area contributed by atoms with Gasteiger partial charge in [0.25, 0.3) is 0 Å². The first-order chi connectivity index (χ1) is 10.8. The third-order valence-electron chi connectivity index (χ3n) is 4.83. The Morgan fingerprint density at radius 3 is 2.73 bits per heavy atom. The molecule has 1 aromatic heterocycles. The second-order valence-corrected chi connectivity index (χ2v) is 6.38. The van der Waals surface area contributed by atoms with Crippen LogP contribution in [0.3, 0.4) is 0 Å². The van der Waals surface area contributed by atoms with E-state index in [1.54, 1.807) is 6.26 Å². The van der Waals surface area contributed by atoms with Crippen LogP contribution in [0.15, 0.2) is 16.9 Å². The van der Waals surface area contributed by atoms with Crippen molar-refractivity contribution in [3.8, 4) is 0 Å². The van der Waals surface area contributed by atoms with E-state index in [1.807, 2.05) is 11.0 Å². The molecule has 6 heteroatoms. The summed E-state index contributed by atoms with van der Waals surface area (Å²) in [5, 5.41) is 7.32. The highest BCUT2D eigenvalue weighted by Gasteiger charge is 2.22. The lowest BCUT2D eigenvalue weighted by Crippen LogP contribution is -2.48. The predicted octanol–water partition coefficient (Wildman–Crippen LogP) is 1.10. The van der Waals surface area contributed by atoms with Crippen molar-refractivity contribution < 1.29 is 9.32 Å². The Labute approximate surface area is 131 Å². The highest BCUT2D eigenvalue weighted by Crippen LogP contribution is 2.19. The van der Waals surface area contributed by atoms with Crippen LogP contribution in [-0.4, -0.2) is 60.1 Å². The van der Waals surface area contributed by atoms with E-state index in [4.69, 9.17) is 4.52 Å². The van der Waals surface area contributed by atoms with Crippen molar-refractivity contribution in [1.29, 1.82) is 0 Å². The van der Waals surface area contributed by atoms with Crippen molar-refractivity contribution in [3.63, 3.8) is 0 Å². The summed E-state index contributed by atoms with van der Waals surface area (Å²) in [6.07, 6.45) is 5.82. The Balaban J connectivity index is 1.36. The monoisotopic (exact) mass is 306 g/mol. The molecular weight excluding hydrogens is 280 g/mol. The van der Waals surface area contributed by atoms with Gasteiger partial charge in [0.15, 0.2) is 0 Å². The third-order valence-corrected chi connectivity index (χ3v) is 4.83. The Hall–Kier alpha value is -1.40. The predicted molar refractivity (Wildman–Crippen MR) is 83.2 cm³/mol. The van der Waals surface area contributed by atoms with Crippen LogP contribution < -0.4 is 5.32 Å². The molecule has 6 nitrogen and oxygen atoms in total. The van der Waals surface area contributed by atoms with Crippen LogP contribution in [0.5, 0.6) is 0 Å². The fourth-order valence-electron chi connectivity index (χ4n) is 3.36. The maximum absolute atomic E-state index is 12.3. The summed E-state index contributed by atoms with van der Waals surface area (Å²) in [5.41, 5.74) is 0.964. The zero-order valence-electron chi connectivity index (χ0n) is 13.2. The van der Waals surface area contributed by atoms with E-state index in [-0.39, 0.29) is 0 Å². The average Bonchev–Trinajstić information content (AvgIpc) is 3.07. The maximum Gasteiger partial charge on any atom is 0.222 e. The van der Waals surface area contributed by atoms with Gasteiger partial charge in [-0.3, -0.25) is 9.69 Å². The van der Waals surface area contributed by atoms with Gasteiger partial charge >= 0.3 is 0 Å². The molecule has 122 valence electrons. The number of amides is 1. The standard InChI is InChI=1S/C16H26N4O2/c21-16(2-1-14-3-6-17-7-4-14)20-10-8-19(9-11-20)13-15-5-12-22-18-15/h5,12,14,17H,1-4,6-11,13H2. The smallest absolute Gasteiger partial charge is 0.222 e. The van der Waals surface area contributed by atoms with E-state index in [9.17, 15) is 4.79 Å². The molecule has 1 amide bonds. The molecule has 0 aliphatic carbocycles. The summed E-state index contributed by atoms with van der Waals surface area (Å²) in [4.78, 5) is 16.7. The van der Waals surface area contributed by atoms with E-state index >= 15 is 0 Å². The molecule has 2 aliphatic heterocycles. The summed E-state index contributed by atoms with van der Waals surface area (Å²) in [5.74, 6) is 1.07. The second-order valence-electron chi connectivity index (χ2n) is 6.38. The van der Waals surface area contributed by atoms with E-state index in [1.165, 1.54) is 12.8 Å². The molecule has 1 aromatic rings. The maximum atomic E-state index is 12.3. The molecule has 0 unspecified atom stereocenters. The van der Waals surface area contributed by atoms with Crippen LogP contribution in [0.2, 0.25) is 0 Å². The van der Waals surface area contributed by atoms with Gasteiger partial charge in [-0.25, -0.2) is 0 Å². The molecule has 1 N–H and O–H groups in total. The van der Waals surface area contributed by atoms with Gasteiger partial charge in [0.05, 0.1) is 5.69 Å². The first-order valence-electron chi connectivity index (χ1n) is 8.41. The molecule has 0 bridgehead atoms. The topological polar surface area (TPSA) is 61.6 Å². The van der Waals surface area contributed by atoms with Gasteiger partial charge < -0.3 is 14.7 Å². The number of hydrogen-bond acceptors (Lipinski definition) is 5. The quantitative estimate of drug-likeness (QED) is 0.882. The van der Waals surface area contributed by atoms with Crippen molar-refractivity contribution in [1.82, 2.24) is 20.3 Å². The molecule has 0 atom stereocenters. The Kier molecular flexibility index (Phi) is 5.45. The van der Waals surface area contributed by atoms with E-state index in [2.05, 4.69) is 15.4 Å². The van der Waals surface area contributed by atoms with Gasteiger partial charge in [-0.05, 0) is 38.3 Å². The molecular formula is C16H26N4O2. The minimum Gasteiger partial charge on any atom is -0.364 e. The molecule has 0 spiro atoms. The molecule has 2 aliphatic rings.